The normalized spacial score (nSPS) is 22.4. The van der Waals surface area contributed by atoms with E-state index in [0.717, 1.165) is 6.54 Å². The van der Waals surface area contributed by atoms with E-state index in [1.54, 1.807) is 20.8 Å². The summed E-state index contributed by atoms with van der Waals surface area (Å²) in [6.45, 7) is 8.11. The average Bonchev–Trinajstić information content (AvgIpc) is 2.61. The SMILES string of the molecule is CC(CC=NC(=O)OC(C)(C)C)C1NCCC1=O. The number of rotatable bonds is 3. The fourth-order valence-electron chi connectivity index (χ4n) is 1.86. The first-order valence-corrected chi connectivity index (χ1v) is 6.31. The second-order valence-corrected chi connectivity index (χ2v) is 5.65. The second kappa shape index (κ2) is 6.09. The number of ketones is 1. The van der Waals surface area contributed by atoms with Gasteiger partial charge in [0.25, 0.3) is 0 Å². The fraction of sp³-hybridized carbons (Fsp3) is 0.769. The number of carbonyl (C=O) groups is 2. The molecule has 0 bridgehead atoms. The van der Waals surface area contributed by atoms with Gasteiger partial charge in [0.1, 0.15) is 5.60 Å². The van der Waals surface area contributed by atoms with Crippen LogP contribution < -0.4 is 5.32 Å². The van der Waals surface area contributed by atoms with Crippen molar-refractivity contribution in [2.45, 2.75) is 52.2 Å². The van der Waals surface area contributed by atoms with Crippen LogP contribution in [-0.2, 0) is 9.53 Å². The molecule has 1 heterocycles. The molecule has 0 aliphatic carbocycles. The van der Waals surface area contributed by atoms with Crippen molar-refractivity contribution < 1.29 is 14.3 Å². The zero-order chi connectivity index (χ0) is 13.8. The smallest absolute Gasteiger partial charge is 0.433 e. The Labute approximate surface area is 108 Å². The summed E-state index contributed by atoms with van der Waals surface area (Å²) in [4.78, 5) is 26.5. The van der Waals surface area contributed by atoms with Gasteiger partial charge in [-0.15, -0.1) is 0 Å². The first kappa shape index (κ1) is 14.8. The average molecular weight is 254 g/mol. The molecule has 1 amide bonds. The number of carbonyl (C=O) groups excluding carboxylic acids is 2. The third kappa shape index (κ3) is 4.96. The highest BCUT2D eigenvalue weighted by Crippen LogP contribution is 2.14. The van der Waals surface area contributed by atoms with Crippen LogP contribution in [0, 0.1) is 5.92 Å². The molecule has 1 saturated heterocycles. The lowest BCUT2D eigenvalue weighted by Gasteiger charge is -2.17. The molecule has 2 atom stereocenters. The molecule has 1 rings (SSSR count). The van der Waals surface area contributed by atoms with E-state index < -0.39 is 11.7 Å². The van der Waals surface area contributed by atoms with Crippen molar-refractivity contribution in [3.63, 3.8) is 0 Å². The third-order valence-corrected chi connectivity index (χ3v) is 2.72. The van der Waals surface area contributed by atoms with Gasteiger partial charge in [0, 0.05) is 19.2 Å². The summed E-state index contributed by atoms with van der Waals surface area (Å²) in [5.74, 6) is 0.388. The Balaban J connectivity index is 2.35. The Morgan fingerprint density at radius 3 is 2.78 bits per heavy atom. The monoisotopic (exact) mass is 254 g/mol. The molecule has 1 fully saturated rings. The Morgan fingerprint density at radius 1 is 1.61 bits per heavy atom. The van der Waals surface area contributed by atoms with Crippen LogP contribution in [0.5, 0.6) is 0 Å². The predicted molar refractivity (Wildman–Crippen MR) is 69.9 cm³/mol. The summed E-state index contributed by atoms with van der Waals surface area (Å²) in [7, 11) is 0. The Kier molecular flexibility index (Phi) is 5.02. The van der Waals surface area contributed by atoms with Crippen molar-refractivity contribution in [1.82, 2.24) is 5.32 Å². The van der Waals surface area contributed by atoms with Gasteiger partial charge in [0.2, 0.25) is 0 Å². The van der Waals surface area contributed by atoms with Crippen LogP contribution in [0.25, 0.3) is 0 Å². The quantitative estimate of drug-likeness (QED) is 0.782. The van der Waals surface area contributed by atoms with Gasteiger partial charge in [0.05, 0.1) is 6.04 Å². The molecule has 0 spiro atoms. The number of nitrogens with zero attached hydrogens (tertiary/aromatic N) is 1. The summed E-state index contributed by atoms with van der Waals surface area (Å²) in [6, 6.07) is -0.102. The lowest BCUT2D eigenvalue weighted by molar-refractivity contribution is -0.119. The van der Waals surface area contributed by atoms with Crippen LogP contribution in [0.4, 0.5) is 4.79 Å². The molecule has 1 aliphatic rings. The number of aliphatic imine (C=N–C) groups is 1. The number of nitrogens with one attached hydrogen (secondary N) is 1. The minimum atomic E-state index is -0.583. The highest BCUT2D eigenvalue weighted by atomic mass is 16.6. The maximum Gasteiger partial charge on any atom is 0.433 e. The van der Waals surface area contributed by atoms with E-state index >= 15 is 0 Å². The lowest BCUT2D eigenvalue weighted by Crippen LogP contribution is -2.34. The van der Waals surface area contributed by atoms with Gasteiger partial charge in [-0.2, -0.15) is 4.99 Å². The molecule has 5 nitrogen and oxygen atoms in total. The maximum absolute atomic E-state index is 11.5. The van der Waals surface area contributed by atoms with Crippen molar-refractivity contribution in [2.24, 2.45) is 10.9 Å². The largest absolute Gasteiger partial charge is 0.442 e. The standard InChI is InChI=1S/C13H22N2O3/c1-9(11-10(16)6-8-14-11)5-7-15-12(17)18-13(2,3)4/h7,9,11,14H,5-6,8H2,1-4H3. The van der Waals surface area contributed by atoms with Gasteiger partial charge < -0.3 is 10.1 Å². The van der Waals surface area contributed by atoms with Crippen molar-refractivity contribution in [3.8, 4) is 0 Å². The van der Waals surface area contributed by atoms with E-state index in [1.807, 2.05) is 6.92 Å². The van der Waals surface area contributed by atoms with Crippen molar-refractivity contribution >= 4 is 18.1 Å². The summed E-state index contributed by atoms with van der Waals surface area (Å²) in [5, 5.41) is 3.16. The highest BCUT2D eigenvalue weighted by Gasteiger charge is 2.28. The van der Waals surface area contributed by atoms with Crippen LogP contribution in [0.2, 0.25) is 0 Å². The van der Waals surface area contributed by atoms with E-state index in [2.05, 4.69) is 10.3 Å². The first-order chi connectivity index (χ1) is 8.29. The zero-order valence-corrected chi connectivity index (χ0v) is 11.5. The molecule has 0 aromatic rings. The number of hydrogen-bond acceptors (Lipinski definition) is 4. The van der Waals surface area contributed by atoms with Crippen LogP contribution in [0.3, 0.4) is 0 Å². The number of amides is 1. The lowest BCUT2D eigenvalue weighted by atomic mass is 9.97. The van der Waals surface area contributed by atoms with Crippen LogP contribution in [0.15, 0.2) is 4.99 Å². The molecule has 5 heteroatoms. The topological polar surface area (TPSA) is 67.8 Å². The molecule has 0 aromatic heterocycles. The van der Waals surface area contributed by atoms with Gasteiger partial charge in [-0.05, 0) is 33.1 Å². The molecule has 1 aliphatic heterocycles. The van der Waals surface area contributed by atoms with Crippen LogP contribution in [-0.4, -0.2) is 36.3 Å². The van der Waals surface area contributed by atoms with Crippen LogP contribution >= 0.6 is 0 Å². The van der Waals surface area contributed by atoms with E-state index in [-0.39, 0.29) is 17.7 Å². The second-order valence-electron chi connectivity index (χ2n) is 5.65. The molecule has 0 saturated carbocycles. The molecule has 18 heavy (non-hydrogen) atoms. The van der Waals surface area contributed by atoms with Gasteiger partial charge >= 0.3 is 6.09 Å². The summed E-state index contributed by atoms with van der Waals surface area (Å²) >= 11 is 0. The molecular weight excluding hydrogens is 232 g/mol. The highest BCUT2D eigenvalue weighted by molar-refractivity contribution is 5.87. The van der Waals surface area contributed by atoms with Gasteiger partial charge in [-0.1, -0.05) is 6.92 Å². The minimum Gasteiger partial charge on any atom is -0.442 e. The third-order valence-electron chi connectivity index (χ3n) is 2.72. The summed E-state index contributed by atoms with van der Waals surface area (Å²) in [5.41, 5.74) is -0.525. The number of ether oxygens (including phenoxy) is 1. The molecule has 1 N–H and O–H groups in total. The molecular formula is C13H22N2O3. The molecule has 2 unspecified atom stereocenters. The maximum atomic E-state index is 11.5. The summed E-state index contributed by atoms with van der Waals surface area (Å²) < 4.78 is 5.05. The minimum absolute atomic E-state index is 0.102. The van der Waals surface area contributed by atoms with Gasteiger partial charge in [-0.25, -0.2) is 4.79 Å². The van der Waals surface area contributed by atoms with Gasteiger partial charge in [-0.3, -0.25) is 4.79 Å². The molecule has 102 valence electrons. The van der Waals surface area contributed by atoms with Crippen LogP contribution in [0.1, 0.15) is 40.5 Å². The van der Waals surface area contributed by atoms with E-state index in [0.29, 0.717) is 12.8 Å². The van der Waals surface area contributed by atoms with Crippen molar-refractivity contribution in [2.75, 3.05) is 6.54 Å². The summed E-state index contributed by atoms with van der Waals surface area (Å²) in [6.07, 6.45) is 2.13. The molecule has 0 aromatic carbocycles. The Hall–Kier alpha value is -1.23. The Bertz CT molecular complexity index is 345. The van der Waals surface area contributed by atoms with E-state index in [9.17, 15) is 9.59 Å². The first-order valence-electron chi connectivity index (χ1n) is 6.31. The van der Waals surface area contributed by atoms with Crippen molar-refractivity contribution in [3.05, 3.63) is 0 Å². The van der Waals surface area contributed by atoms with E-state index in [4.69, 9.17) is 4.74 Å². The van der Waals surface area contributed by atoms with Crippen molar-refractivity contribution in [1.29, 1.82) is 0 Å². The number of Topliss-reactive ketones (excluding diaryl/α,β-unsaturated/α-hetero) is 1. The van der Waals surface area contributed by atoms with Gasteiger partial charge in [0.15, 0.2) is 5.78 Å². The zero-order valence-electron chi connectivity index (χ0n) is 11.5. The van der Waals surface area contributed by atoms with E-state index in [1.165, 1.54) is 6.21 Å². The molecule has 0 radical (unpaired) electrons. The fourth-order valence-corrected chi connectivity index (χ4v) is 1.86. The predicted octanol–water partition coefficient (Wildman–Crippen LogP) is 1.95. The Morgan fingerprint density at radius 2 is 2.28 bits per heavy atom. The number of hydrogen-bond donors (Lipinski definition) is 1.